The van der Waals surface area contributed by atoms with E-state index in [9.17, 15) is 4.79 Å². The summed E-state index contributed by atoms with van der Waals surface area (Å²) in [4.78, 5) is 11.3. The van der Waals surface area contributed by atoms with Crippen LogP contribution < -0.4 is 15.2 Å². The Hall–Kier alpha value is -2.43. The lowest BCUT2D eigenvalue weighted by atomic mass is 9.62. The molecule has 0 bridgehead atoms. The van der Waals surface area contributed by atoms with Crippen molar-refractivity contribution in [3.63, 3.8) is 0 Å². The summed E-state index contributed by atoms with van der Waals surface area (Å²) in [5.74, 6) is 0.998. The largest absolute Gasteiger partial charge is 0.493 e. The normalized spacial score (nSPS) is 17.5. The van der Waals surface area contributed by atoms with Crippen LogP contribution in [0.4, 0.5) is 0 Å². The third kappa shape index (κ3) is 2.96. The van der Waals surface area contributed by atoms with Gasteiger partial charge in [-0.15, -0.1) is 0 Å². The fourth-order valence-corrected chi connectivity index (χ4v) is 3.79. The minimum atomic E-state index is -0.628. The SMILES string of the molecule is COc1c(Oc2ccc(C(N)=O)o2)c(C)cc2c1C(C)(C)CCC2(C)C. The molecular weight excluding hydrogens is 330 g/mol. The summed E-state index contributed by atoms with van der Waals surface area (Å²) >= 11 is 0. The van der Waals surface area contributed by atoms with E-state index in [2.05, 4.69) is 33.8 Å². The molecule has 1 amide bonds. The van der Waals surface area contributed by atoms with Crippen LogP contribution in [-0.4, -0.2) is 13.0 Å². The Kier molecular flexibility index (Phi) is 4.29. The van der Waals surface area contributed by atoms with Crippen LogP contribution in [0.5, 0.6) is 17.4 Å². The van der Waals surface area contributed by atoms with E-state index >= 15 is 0 Å². The van der Waals surface area contributed by atoms with Gasteiger partial charge >= 0.3 is 0 Å². The molecule has 0 atom stereocenters. The number of benzene rings is 1. The molecular formula is C21H27NO4. The third-order valence-electron chi connectivity index (χ3n) is 5.43. The number of fused-ring (bicyclic) bond motifs is 1. The van der Waals surface area contributed by atoms with Gasteiger partial charge in [0.1, 0.15) is 0 Å². The summed E-state index contributed by atoms with van der Waals surface area (Å²) in [6, 6.07) is 5.28. The number of hydrogen-bond acceptors (Lipinski definition) is 4. The van der Waals surface area contributed by atoms with Crippen LogP contribution in [0.25, 0.3) is 0 Å². The highest BCUT2D eigenvalue weighted by Crippen LogP contribution is 2.53. The maximum Gasteiger partial charge on any atom is 0.290 e. The fraction of sp³-hybridized carbons (Fsp3) is 0.476. The van der Waals surface area contributed by atoms with Crippen molar-refractivity contribution < 1.29 is 18.7 Å². The molecule has 2 N–H and O–H groups in total. The summed E-state index contributed by atoms with van der Waals surface area (Å²) < 4.78 is 17.2. The van der Waals surface area contributed by atoms with Gasteiger partial charge in [0.25, 0.3) is 11.9 Å². The topological polar surface area (TPSA) is 74.7 Å². The highest BCUT2D eigenvalue weighted by atomic mass is 16.6. The van der Waals surface area contributed by atoms with Crippen molar-refractivity contribution in [2.45, 2.75) is 58.3 Å². The molecule has 0 radical (unpaired) electrons. The van der Waals surface area contributed by atoms with Gasteiger partial charge in [-0.1, -0.05) is 33.8 Å². The number of rotatable bonds is 4. The Labute approximate surface area is 154 Å². The molecule has 1 aliphatic carbocycles. The van der Waals surface area contributed by atoms with E-state index in [1.54, 1.807) is 13.2 Å². The number of carbonyl (C=O) groups excluding carboxylic acids is 1. The zero-order chi connectivity index (χ0) is 19.3. The standard InChI is InChI=1S/C21H27NO4/c1-12-11-13-16(21(4,5)10-9-20(13,2)3)18(24-6)17(12)26-15-8-7-14(25-15)19(22)23/h7-8,11H,9-10H2,1-6H3,(H2,22,23). The second-order valence-corrected chi connectivity index (χ2v) is 8.33. The Balaban J connectivity index is 2.16. The molecule has 0 unspecified atom stereocenters. The maximum atomic E-state index is 11.3. The van der Waals surface area contributed by atoms with E-state index in [1.807, 2.05) is 6.92 Å². The number of amides is 1. The molecule has 1 aromatic heterocycles. The molecule has 1 aromatic carbocycles. The number of methoxy groups -OCH3 is 1. The number of ether oxygens (including phenoxy) is 2. The average molecular weight is 357 g/mol. The molecule has 3 rings (SSSR count). The van der Waals surface area contributed by atoms with Crippen LogP contribution in [0, 0.1) is 6.92 Å². The number of hydrogen-bond donors (Lipinski definition) is 1. The monoisotopic (exact) mass is 357 g/mol. The van der Waals surface area contributed by atoms with Crippen LogP contribution in [0.15, 0.2) is 22.6 Å². The molecule has 5 heteroatoms. The van der Waals surface area contributed by atoms with Crippen LogP contribution in [0.3, 0.4) is 0 Å². The minimum Gasteiger partial charge on any atom is -0.493 e. The van der Waals surface area contributed by atoms with Crippen molar-refractivity contribution in [1.29, 1.82) is 0 Å². The molecule has 140 valence electrons. The first-order valence-electron chi connectivity index (χ1n) is 8.87. The Morgan fingerprint density at radius 3 is 2.35 bits per heavy atom. The van der Waals surface area contributed by atoms with Gasteiger partial charge in [0.2, 0.25) is 0 Å². The lowest BCUT2D eigenvalue weighted by Crippen LogP contribution is -2.34. The molecule has 0 spiro atoms. The van der Waals surface area contributed by atoms with Gasteiger partial charge < -0.3 is 19.6 Å². The van der Waals surface area contributed by atoms with Crippen molar-refractivity contribution >= 4 is 5.91 Å². The molecule has 0 saturated carbocycles. The molecule has 0 fully saturated rings. The Morgan fingerprint density at radius 1 is 1.12 bits per heavy atom. The molecule has 26 heavy (non-hydrogen) atoms. The first kappa shape index (κ1) is 18.4. The smallest absolute Gasteiger partial charge is 0.290 e. The van der Waals surface area contributed by atoms with E-state index in [1.165, 1.54) is 17.2 Å². The third-order valence-corrected chi connectivity index (χ3v) is 5.43. The van der Waals surface area contributed by atoms with E-state index in [0.29, 0.717) is 5.75 Å². The molecule has 2 aromatic rings. The van der Waals surface area contributed by atoms with Crippen LogP contribution in [0.1, 0.15) is 67.8 Å². The summed E-state index contributed by atoms with van der Waals surface area (Å²) in [5, 5.41) is 0. The lowest BCUT2D eigenvalue weighted by molar-refractivity contribution is 0.0969. The van der Waals surface area contributed by atoms with E-state index in [-0.39, 0.29) is 22.5 Å². The molecule has 0 aliphatic heterocycles. The van der Waals surface area contributed by atoms with Gasteiger partial charge in [0.15, 0.2) is 17.3 Å². The number of primary amides is 1. The summed E-state index contributed by atoms with van der Waals surface area (Å²) in [6.07, 6.45) is 2.19. The number of aryl methyl sites for hydroxylation is 1. The molecule has 5 nitrogen and oxygen atoms in total. The first-order chi connectivity index (χ1) is 12.1. The predicted octanol–water partition coefficient (Wildman–Crippen LogP) is 4.84. The van der Waals surface area contributed by atoms with Crippen molar-refractivity contribution in [2.75, 3.05) is 7.11 Å². The second-order valence-electron chi connectivity index (χ2n) is 8.33. The van der Waals surface area contributed by atoms with Crippen molar-refractivity contribution in [3.05, 3.63) is 40.6 Å². The lowest BCUT2D eigenvalue weighted by Gasteiger charge is -2.43. The average Bonchev–Trinajstić information content (AvgIpc) is 3.02. The summed E-state index contributed by atoms with van der Waals surface area (Å²) in [7, 11) is 1.66. The second kappa shape index (κ2) is 6.08. The molecule has 0 saturated heterocycles. The van der Waals surface area contributed by atoms with E-state index in [0.717, 1.165) is 24.2 Å². The fourth-order valence-electron chi connectivity index (χ4n) is 3.79. The van der Waals surface area contributed by atoms with Crippen molar-refractivity contribution in [1.82, 2.24) is 0 Å². The van der Waals surface area contributed by atoms with E-state index in [4.69, 9.17) is 19.6 Å². The van der Waals surface area contributed by atoms with Gasteiger partial charge in [0.05, 0.1) is 7.11 Å². The quantitative estimate of drug-likeness (QED) is 0.850. The predicted molar refractivity (Wildman–Crippen MR) is 100 cm³/mol. The molecule has 1 aliphatic rings. The highest BCUT2D eigenvalue weighted by molar-refractivity contribution is 5.90. The zero-order valence-electron chi connectivity index (χ0n) is 16.4. The van der Waals surface area contributed by atoms with Crippen molar-refractivity contribution in [3.8, 4) is 17.4 Å². The highest BCUT2D eigenvalue weighted by Gasteiger charge is 2.41. The van der Waals surface area contributed by atoms with Gasteiger partial charge in [-0.3, -0.25) is 4.79 Å². The number of carbonyl (C=O) groups is 1. The van der Waals surface area contributed by atoms with Crippen molar-refractivity contribution in [2.24, 2.45) is 5.73 Å². The summed E-state index contributed by atoms with van der Waals surface area (Å²) in [6.45, 7) is 11.0. The summed E-state index contributed by atoms with van der Waals surface area (Å²) in [5.41, 5.74) is 8.74. The van der Waals surface area contributed by atoms with Gasteiger partial charge in [-0.05, 0) is 47.8 Å². The Morgan fingerprint density at radius 2 is 1.77 bits per heavy atom. The van der Waals surface area contributed by atoms with Crippen LogP contribution in [-0.2, 0) is 10.8 Å². The van der Waals surface area contributed by atoms with E-state index < -0.39 is 5.91 Å². The Bertz CT molecular complexity index is 861. The maximum absolute atomic E-state index is 11.3. The van der Waals surface area contributed by atoms with Crippen LogP contribution >= 0.6 is 0 Å². The van der Waals surface area contributed by atoms with Crippen LogP contribution in [0.2, 0.25) is 0 Å². The first-order valence-corrected chi connectivity index (χ1v) is 8.87. The minimum absolute atomic E-state index is 0.0243. The molecule has 1 heterocycles. The van der Waals surface area contributed by atoms with Gasteiger partial charge in [0, 0.05) is 11.6 Å². The van der Waals surface area contributed by atoms with Gasteiger partial charge in [-0.25, -0.2) is 0 Å². The van der Waals surface area contributed by atoms with Gasteiger partial charge in [-0.2, -0.15) is 0 Å². The number of furan rings is 1. The zero-order valence-corrected chi connectivity index (χ0v) is 16.4. The number of nitrogens with two attached hydrogens (primary N) is 1.